The van der Waals surface area contributed by atoms with Gasteiger partial charge in [-0.1, -0.05) is 6.08 Å². The summed E-state index contributed by atoms with van der Waals surface area (Å²) >= 11 is 0. The van der Waals surface area contributed by atoms with Crippen LogP contribution in [-0.2, 0) is 0 Å². The van der Waals surface area contributed by atoms with E-state index in [-0.39, 0.29) is 17.1 Å². The van der Waals surface area contributed by atoms with Gasteiger partial charge in [0.05, 0.1) is 11.3 Å². The molecule has 1 saturated heterocycles. The molecular formula is C24H22FN7O2. The SMILES string of the molecule is Cc1nc(C)c(C(=O)Nc2ccc(F)c(-c3nc4ncc(C5=C[C@@H]6CC[C@H](C5)N6)cn4n3)c2)o1. The van der Waals surface area contributed by atoms with Gasteiger partial charge in [0.1, 0.15) is 5.82 Å². The van der Waals surface area contributed by atoms with Gasteiger partial charge < -0.3 is 15.1 Å². The first kappa shape index (κ1) is 20.7. The smallest absolute Gasteiger partial charge is 0.293 e. The normalized spacial score (nSPS) is 19.4. The highest BCUT2D eigenvalue weighted by Crippen LogP contribution is 2.32. The maximum absolute atomic E-state index is 14.7. The summed E-state index contributed by atoms with van der Waals surface area (Å²) < 4.78 is 21.6. The number of oxazole rings is 1. The molecular weight excluding hydrogens is 437 g/mol. The van der Waals surface area contributed by atoms with Crippen molar-refractivity contribution in [3.05, 3.63) is 65.4 Å². The molecule has 0 saturated carbocycles. The monoisotopic (exact) mass is 459 g/mol. The lowest BCUT2D eigenvalue weighted by atomic mass is 9.98. The highest BCUT2D eigenvalue weighted by molar-refractivity contribution is 6.03. The number of benzene rings is 1. The molecule has 6 rings (SSSR count). The third kappa shape index (κ3) is 3.65. The molecule has 2 atom stereocenters. The molecule has 2 aliphatic heterocycles. The number of nitrogens with zero attached hydrogens (tertiary/aromatic N) is 5. The minimum absolute atomic E-state index is 0.117. The lowest BCUT2D eigenvalue weighted by molar-refractivity contribution is 0.0994. The van der Waals surface area contributed by atoms with Gasteiger partial charge in [-0.15, -0.1) is 5.10 Å². The average molecular weight is 459 g/mol. The maximum Gasteiger partial charge on any atom is 0.293 e. The van der Waals surface area contributed by atoms with E-state index in [1.54, 1.807) is 24.6 Å². The van der Waals surface area contributed by atoms with Gasteiger partial charge in [-0.25, -0.2) is 18.9 Å². The van der Waals surface area contributed by atoms with Crippen LogP contribution < -0.4 is 10.6 Å². The highest BCUT2D eigenvalue weighted by atomic mass is 19.1. The molecule has 1 fully saturated rings. The van der Waals surface area contributed by atoms with E-state index in [1.165, 1.54) is 30.2 Å². The number of rotatable bonds is 4. The van der Waals surface area contributed by atoms with Crippen LogP contribution in [0.25, 0.3) is 22.7 Å². The quantitative estimate of drug-likeness (QED) is 0.479. The molecule has 2 N–H and O–H groups in total. The lowest BCUT2D eigenvalue weighted by Crippen LogP contribution is -2.32. The third-order valence-electron chi connectivity index (χ3n) is 6.28. The van der Waals surface area contributed by atoms with Gasteiger partial charge in [0.15, 0.2) is 11.7 Å². The number of fused-ring (bicyclic) bond motifs is 3. The van der Waals surface area contributed by atoms with Crippen LogP contribution >= 0.6 is 0 Å². The van der Waals surface area contributed by atoms with Crippen molar-refractivity contribution in [3.8, 4) is 11.4 Å². The molecule has 9 nitrogen and oxygen atoms in total. The summed E-state index contributed by atoms with van der Waals surface area (Å²) in [6, 6.07) is 5.15. The number of anilines is 1. The first-order chi connectivity index (χ1) is 16.4. The molecule has 0 radical (unpaired) electrons. The van der Waals surface area contributed by atoms with Crippen molar-refractivity contribution in [2.75, 3.05) is 5.32 Å². The van der Waals surface area contributed by atoms with Gasteiger partial charge in [0.2, 0.25) is 5.76 Å². The number of aromatic nitrogens is 5. The van der Waals surface area contributed by atoms with E-state index in [9.17, 15) is 9.18 Å². The Morgan fingerprint density at radius 2 is 2.15 bits per heavy atom. The molecule has 4 aromatic rings. The standard InChI is InChI=1S/C24H22FN7O2/c1-12-21(34-13(2)27-12)23(33)29-18-5-6-20(25)19(9-18)22-30-24-26-10-15(11-32(24)31-22)14-7-16-3-4-17(8-14)28-16/h5-7,9-11,16-17,28H,3-4,8H2,1-2H3,(H,29,33)/t16-,17+/m0/s1. The molecule has 1 amide bonds. The van der Waals surface area contributed by atoms with Crippen LogP contribution in [0.15, 0.2) is 41.1 Å². The zero-order valence-corrected chi connectivity index (χ0v) is 18.7. The van der Waals surface area contributed by atoms with E-state index in [2.05, 4.69) is 36.8 Å². The van der Waals surface area contributed by atoms with E-state index in [0.717, 1.165) is 18.4 Å². The second-order valence-corrected chi connectivity index (χ2v) is 8.76. The molecule has 2 aliphatic rings. The Balaban J connectivity index is 1.30. The van der Waals surface area contributed by atoms with E-state index < -0.39 is 11.7 Å². The summed E-state index contributed by atoms with van der Waals surface area (Å²) in [6.07, 6.45) is 9.21. The predicted octanol–water partition coefficient (Wildman–Crippen LogP) is 3.70. The van der Waals surface area contributed by atoms with Crippen molar-refractivity contribution >= 4 is 22.9 Å². The Bertz CT molecular complexity index is 1470. The summed E-state index contributed by atoms with van der Waals surface area (Å²) in [5.41, 5.74) is 3.26. The molecule has 0 unspecified atom stereocenters. The molecule has 3 aromatic heterocycles. The molecule has 5 heterocycles. The van der Waals surface area contributed by atoms with Gasteiger partial charge in [-0.05, 0) is 50.0 Å². The second-order valence-electron chi connectivity index (χ2n) is 8.76. The maximum atomic E-state index is 14.7. The van der Waals surface area contributed by atoms with Crippen LogP contribution in [-0.4, -0.2) is 42.6 Å². The summed E-state index contributed by atoms with van der Waals surface area (Å²) in [6.45, 7) is 3.36. The Morgan fingerprint density at radius 3 is 2.94 bits per heavy atom. The summed E-state index contributed by atoms with van der Waals surface area (Å²) in [7, 11) is 0. The third-order valence-corrected chi connectivity index (χ3v) is 6.28. The van der Waals surface area contributed by atoms with Crippen molar-refractivity contribution in [2.45, 2.75) is 45.2 Å². The number of halogens is 1. The van der Waals surface area contributed by atoms with Crippen LogP contribution in [0.4, 0.5) is 10.1 Å². The Morgan fingerprint density at radius 1 is 1.26 bits per heavy atom. The number of aryl methyl sites for hydroxylation is 2. The van der Waals surface area contributed by atoms with Crippen molar-refractivity contribution in [3.63, 3.8) is 0 Å². The number of carbonyl (C=O) groups excluding carboxylic acids is 1. The van der Waals surface area contributed by atoms with E-state index in [0.29, 0.717) is 35.1 Å². The Labute approximate surface area is 194 Å². The molecule has 0 aliphatic carbocycles. The lowest BCUT2D eigenvalue weighted by Gasteiger charge is -2.21. The first-order valence-electron chi connectivity index (χ1n) is 11.2. The van der Waals surface area contributed by atoms with Gasteiger partial charge in [-0.2, -0.15) is 4.98 Å². The number of hydrogen-bond acceptors (Lipinski definition) is 7. The fourth-order valence-corrected chi connectivity index (χ4v) is 4.70. The first-order valence-corrected chi connectivity index (χ1v) is 11.2. The van der Waals surface area contributed by atoms with E-state index >= 15 is 0 Å². The summed E-state index contributed by atoms with van der Waals surface area (Å²) in [4.78, 5) is 25.5. The van der Waals surface area contributed by atoms with E-state index in [4.69, 9.17) is 4.42 Å². The zero-order chi connectivity index (χ0) is 23.4. The number of amides is 1. The van der Waals surface area contributed by atoms with Crippen LogP contribution in [0.3, 0.4) is 0 Å². The molecule has 34 heavy (non-hydrogen) atoms. The van der Waals surface area contributed by atoms with Gasteiger partial charge in [0, 0.05) is 42.7 Å². The Hall–Kier alpha value is -3.92. The number of nitrogens with one attached hydrogen (secondary N) is 2. The topological polar surface area (TPSA) is 110 Å². The fourth-order valence-electron chi connectivity index (χ4n) is 4.70. The minimum Gasteiger partial charge on any atom is -0.436 e. The van der Waals surface area contributed by atoms with Gasteiger partial charge in [-0.3, -0.25) is 4.79 Å². The van der Waals surface area contributed by atoms with Crippen LogP contribution in [0.2, 0.25) is 0 Å². The van der Waals surface area contributed by atoms with Crippen molar-refractivity contribution < 1.29 is 13.6 Å². The van der Waals surface area contributed by atoms with Crippen LogP contribution in [0, 0.1) is 19.7 Å². The van der Waals surface area contributed by atoms with Crippen molar-refractivity contribution in [2.24, 2.45) is 0 Å². The van der Waals surface area contributed by atoms with Crippen LogP contribution in [0.1, 0.15) is 47.0 Å². The minimum atomic E-state index is -0.501. The second kappa shape index (κ2) is 7.84. The Kier molecular flexibility index (Phi) is 4.77. The molecule has 0 spiro atoms. The number of carbonyl (C=O) groups is 1. The summed E-state index contributed by atoms with van der Waals surface area (Å²) in [5, 5.41) is 10.8. The molecule has 2 bridgehead atoms. The van der Waals surface area contributed by atoms with E-state index in [1.807, 2.05) is 6.20 Å². The van der Waals surface area contributed by atoms with Crippen molar-refractivity contribution in [1.29, 1.82) is 0 Å². The van der Waals surface area contributed by atoms with Gasteiger partial charge in [0.25, 0.3) is 11.7 Å². The number of hydrogen-bond donors (Lipinski definition) is 2. The highest BCUT2D eigenvalue weighted by Gasteiger charge is 2.28. The molecule has 10 heteroatoms. The zero-order valence-electron chi connectivity index (χ0n) is 18.7. The fraction of sp³-hybridized carbons (Fsp3) is 0.292. The van der Waals surface area contributed by atoms with Crippen LogP contribution in [0.5, 0.6) is 0 Å². The van der Waals surface area contributed by atoms with Crippen molar-refractivity contribution in [1.82, 2.24) is 29.9 Å². The molecule has 172 valence electrons. The summed E-state index contributed by atoms with van der Waals surface area (Å²) in [5.74, 6) is 0.109. The molecule has 1 aromatic carbocycles. The van der Waals surface area contributed by atoms with Gasteiger partial charge >= 0.3 is 0 Å². The largest absolute Gasteiger partial charge is 0.436 e. The average Bonchev–Trinajstić information content (AvgIpc) is 3.50. The predicted molar refractivity (Wildman–Crippen MR) is 123 cm³/mol.